The Hall–Kier alpha value is -4.33. The van der Waals surface area contributed by atoms with Crippen molar-refractivity contribution in [3.8, 4) is 0 Å². The van der Waals surface area contributed by atoms with E-state index in [2.05, 4.69) is 10.8 Å². The van der Waals surface area contributed by atoms with Crippen LogP contribution in [0, 0.1) is 5.92 Å². The second-order valence-electron chi connectivity index (χ2n) is 9.34. The fourth-order valence-corrected chi connectivity index (χ4v) is 5.45. The van der Waals surface area contributed by atoms with Crippen LogP contribution < -0.4 is 21.5 Å². The molecule has 0 spiro atoms. The second-order valence-corrected chi connectivity index (χ2v) is 9.34. The zero-order chi connectivity index (χ0) is 26.9. The number of carbonyl (C=O) groups excluding carboxylic acids is 3. The second kappa shape index (κ2) is 8.34. The van der Waals surface area contributed by atoms with Crippen molar-refractivity contribution in [1.29, 1.82) is 0 Å². The summed E-state index contributed by atoms with van der Waals surface area (Å²) >= 11 is 0. The minimum atomic E-state index is -4.59. The Morgan fingerprint density at radius 2 is 1.87 bits per heavy atom. The molecule has 1 aromatic heterocycles. The van der Waals surface area contributed by atoms with E-state index in [1.807, 2.05) is 0 Å². The molecule has 14 heteroatoms. The lowest BCUT2D eigenvalue weighted by Crippen LogP contribution is -2.62. The number of nitrogens with one attached hydrogen (secondary N) is 2. The number of oxazole rings is 1. The monoisotopic (exact) mass is 531 g/mol. The summed E-state index contributed by atoms with van der Waals surface area (Å²) in [5.74, 6) is -2.31. The van der Waals surface area contributed by atoms with Crippen LogP contribution in [-0.2, 0) is 29.3 Å². The molecule has 2 N–H and O–H groups in total. The molecule has 3 atom stereocenters. The fourth-order valence-electron chi connectivity index (χ4n) is 5.45. The third-order valence-electron chi connectivity index (χ3n) is 7.27. The molecule has 1 aliphatic carbocycles. The summed E-state index contributed by atoms with van der Waals surface area (Å²) in [5, 5.41) is 2.47. The van der Waals surface area contributed by atoms with Crippen molar-refractivity contribution in [2.24, 2.45) is 13.0 Å². The minimum Gasteiger partial charge on any atom is -0.408 e. The van der Waals surface area contributed by atoms with E-state index in [4.69, 9.17) is 9.25 Å². The van der Waals surface area contributed by atoms with Gasteiger partial charge in [0.1, 0.15) is 6.17 Å². The number of urea groups is 1. The Morgan fingerprint density at radius 3 is 2.58 bits per heavy atom. The first-order valence-corrected chi connectivity index (χ1v) is 11.7. The van der Waals surface area contributed by atoms with Gasteiger partial charge in [-0.15, -0.1) is 5.48 Å². The van der Waals surface area contributed by atoms with Gasteiger partial charge in [0.25, 0.3) is 0 Å². The quantitative estimate of drug-likeness (QED) is 0.532. The maximum atomic E-state index is 13.8. The molecule has 11 nitrogen and oxygen atoms in total. The van der Waals surface area contributed by atoms with E-state index in [0.29, 0.717) is 11.2 Å². The molecular formula is C24H20F3N5O6. The average molecular weight is 531 g/mol. The predicted molar refractivity (Wildman–Crippen MR) is 124 cm³/mol. The highest BCUT2D eigenvalue weighted by atomic mass is 19.4. The molecule has 0 saturated carbocycles. The molecule has 198 valence electrons. The van der Waals surface area contributed by atoms with Crippen LogP contribution in [0.3, 0.4) is 0 Å². The molecule has 2 fully saturated rings. The number of fused-ring (bicyclic) bond motifs is 2. The van der Waals surface area contributed by atoms with Gasteiger partial charge in [-0.3, -0.25) is 19.2 Å². The van der Waals surface area contributed by atoms with Crippen molar-refractivity contribution in [3.63, 3.8) is 0 Å². The molecule has 3 heterocycles. The Kier molecular flexibility index (Phi) is 5.28. The van der Waals surface area contributed by atoms with Crippen molar-refractivity contribution in [3.05, 3.63) is 63.6 Å². The summed E-state index contributed by atoms with van der Waals surface area (Å²) in [6.45, 7) is -0.180. The predicted octanol–water partition coefficient (Wildman–Crippen LogP) is 2.79. The first kappa shape index (κ1) is 24.0. The number of alkyl halides is 3. The van der Waals surface area contributed by atoms with E-state index in [1.54, 1.807) is 12.1 Å². The smallest absolute Gasteiger partial charge is 0.408 e. The van der Waals surface area contributed by atoms with Crippen molar-refractivity contribution >= 4 is 34.8 Å². The Labute approximate surface area is 211 Å². The number of aromatic nitrogens is 1. The van der Waals surface area contributed by atoms with Crippen molar-refractivity contribution in [2.75, 3.05) is 11.4 Å². The fraction of sp³-hybridized carbons (Fsp3) is 0.333. The van der Waals surface area contributed by atoms with Gasteiger partial charge in [-0.2, -0.15) is 13.2 Å². The van der Waals surface area contributed by atoms with E-state index in [9.17, 15) is 32.3 Å². The Balaban J connectivity index is 1.43. The maximum absolute atomic E-state index is 13.8. The van der Waals surface area contributed by atoms with Gasteiger partial charge < -0.3 is 14.6 Å². The molecule has 0 bridgehead atoms. The van der Waals surface area contributed by atoms with Crippen molar-refractivity contribution in [2.45, 2.75) is 31.2 Å². The normalized spacial score (nSPS) is 23.7. The van der Waals surface area contributed by atoms with Gasteiger partial charge in [-0.25, -0.2) is 14.4 Å². The number of nitrogens with zero attached hydrogens (tertiary/aromatic N) is 3. The number of hydrogen-bond donors (Lipinski definition) is 2. The van der Waals surface area contributed by atoms with E-state index in [-0.39, 0.29) is 36.1 Å². The molecule has 0 radical (unpaired) electrons. The number of aryl methyl sites for hydroxylation is 1. The molecule has 2 saturated heterocycles. The number of hydrogen-bond acceptors (Lipinski definition) is 7. The number of benzene rings is 2. The molecule has 6 rings (SSSR count). The first-order chi connectivity index (χ1) is 18.0. The van der Waals surface area contributed by atoms with Crippen LogP contribution in [0.15, 0.2) is 45.6 Å². The summed E-state index contributed by atoms with van der Waals surface area (Å²) < 4.78 is 47.5. The lowest BCUT2D eigenvalue weighted by atomic mass is 9.96. The SMILES string of the molecule is Cn1c(=O)oc2cc(N3CC(C4NOC(=O)N4)C(=O)N(C4CCc5c4cccc5C(F)(F)F)C3=O)ccc21. The van der Waals surface area contributed by atoms with E-state index in [0.717, 1.165) is 11.0 Å². The van der Waals surface area contributed by atoms with Crippen LogP contribution >= 0.6 is 0 Å². The van der Waals surface area contributed by atoms with Crippen molar-refractivity contribution in [1.82, 2.24) is 20.3 Å². The molecule has 2 aromatic carbocycles. The van der Waals surface area contributed by atoms with Crippen molar-refractivity contribution < 1.29 is 36.8 Å². The first-order valence-electron chi connectivity index (χ1n) is 11.7. The van der Waals surface area contributed by atoms with Crippen LogP contribution in [0.25, 0.3) is 11.1 Å². The average Bonchev–Trinajstić information content (AvgIpc) is 3.56. The molecule has 3 aliphatic rings. The van der Waals surface area contributed by atoms with E-state index >= 15 is 0 Å². The van der Waals surface area contributed by atoms with Gasteiger partial charge in [0.05, 0.1) is 23.0 Å². The molecule has 4 amide bonds. The third-order valence-corrected chi connectivity index (χ3v) is 7.27. The Bertz CT molecular complexity index is 1560. The highest BCUT2D eigenvalue weighted by Crippen LogP contribution is 2.44. The van der Waals surface area contributed by atoms with Crippen LogP contribution in [0.1, 0.15) is 29.2 Å². The number of amides is 4. The van der Waals surface area contributed by atoms with Crippen LogP contribution in [-0.4, -0.2) is 40.2 Å². The number of imide groups is 1. The number of hydroxylamine groups is 1. The van der Waals surface area contributed by atoms with Gasteiger partial charge in [0, 0.05) is 25.3 Å². The number of rotatable bonds is 3. The Morgan fingerprint density at radius 1 is 1.08 bits per heavy atom. The van der Waals surface area contributed by atoms with E-state index < -0.39 is 53.7 Å². The molecular weight excluding hydrogens is 511 g/mol. The van der Waals surface area contributed by atoms with Gasteiger partial charge in [-0.05, 0) is 42.2 Å². The molecule has 38 heavy (non-hydrogen) atoms. The zero-order valence-electron chi connectivity index (χ0n) is 19.7. The molecule has 3 unspecified atom stereocenters. The maximum Gasteiger partial charge on any atom is 0.427 e. The largest absolute Gasteiger partial charge is 0.427 e. The topological polar surface area (TPSA) is 126 Å². The van der Waals surface area contributed by atoms with Gasteiger partial charge in [-0.1, -0.05) is 12.1 Å². The van der Waals surface area contributed by atoms with Gasteiger partial charge >= 0.3 is 24.1 Å². The van der Waals surface area contributed by atoms with Crippen LogP contribution in [0.2, 0.25) is 0 Å². The number of carbonyl (C=O) groups is 3. The van der Waals surface area contributed by atoms with E-state index in [1.165, 1.54) is 34.7 Å². The summed E-state index contributed by atoms with van der Waals surface area (Å²) in [7, 11) is 1.53. The standard InChI is InChI=1S/C24H20F3N5O6/c1-30-17-7-5-11(9-18(17)37-23(30)36)31-10-14(19-28-21(34)38-29-19)20(33)32(22(31)35)16-8-6-12-13(16)3-2-4-15(12)24(25,26)27/h2-5,7,9,14,16,19,29H,6,8,10H2,1H3,(H,28,34). The van der Waals surface area contributed by atoms with Crippen LogP contribution in [0.4, 0.5) is 28.4 Å². The summed E-state index contributed by atoms with van der Waals surface area (Å²) in [6, 6.07) is 6.65. The summed E-state index contributed by atoms with van der Waals surface area (Å²) in [5.41, 5.74) is 2.91. The van der Waals surface area contributed by atoms with Crippen LogP contribution in [0.5, 0.6) is 0 Å². The lowest BCUT2D eigenvalue weighted by Gasteiger charge is -2.42. The number of anilines is 1. The van der Waals surface area contributed by atoms with Gasteiger partial charge in [0.15, 0.2) is 5.58 Å². The summed E-state index contributed by atoms with van der Waals surface area (Å²) in [4.78, 5) is 58.1. The number of halogens is 3. The minimum absolute atomic E-state index is 0.0278. The lowest BCUT2D eigenvalue weighted by molar-refractivity contribution is -0.138. The van der Waals surface area contributed by atoms with Gasteiger partial charge in [0.2, 0.25) is 5.91 Å². The molecule has 2 aliphatic heterocycles. The highest BCUT2D eigenvalue weighted by Gasteiger charge is 2.50. The third kappa shape index (κ3) is 3.62. The highest BCUT2D eigenvalue weighted by molar-refractivity contribution is 6.08. The molecule has 3 aromatic rings. The zero-order valence-corrected chi connectivity index (χ0v) is 19.7. The summed E-state index contributed by atoms with van der Waals surface area (Å²) in [6.07, 6.45) is -6.26.